The van der Waals surface area contributed by atoms with E-state index in [1.54, 1.807) is 17.0 Å². The lowest BCUT2D eigenvalue weighted by Gasteiger charge is -2.35. The van der Waals surface area contributed by atoms with Crippen LogP contribution in [0.2, 0.25) is 0 Å². The molecule has 0 aromatic heterocycles. The summed E-state index contributed by atoms with van der Waals surface area (Å²) in [5.74, 6) is 1.04. The first-order chi connectivity index (χ1) is 15.4. The summed E-state index contributed by atoms with van der Waals surface area (Å²) in [5, 5.41) is 0. The van der Waals surface area contributed by atoms with E-state index >= 15 is 0 Å². The molecule has 0 N–H and O–H groups in total. The third-order valence-corrected chi connectivity index (χ3v) is 8.29. The molecule has 0 unspecified atom stereocenters. The lowest BCUT2D eigenvalue weighted by atomic mass is 10.1. The predicted octanol–water partition coefficient (Wildman–Crippen LogP) is 1.74. The quantitative estimate of drug-likeness (QED) is 0.696. The normalized spacial score (nSPS) is 20.8. The van der Waals surface area contributed by atoms with Gasteiger partial charge in [-0.2, -0.15) is 4.31 Å². The molecule has 0 radical (unpaired) electrons. The number of ether oxygens (including phenoxy) is 2. The van der Waals surface area contributed by atoms with Crippen LogP contribution < -0.4 is 14.4 Å². The maximum absolute atomic E-state index is 13.1. The van der Waals surface area contributed by atoms with Crippen LogP contribution in [0.4, 0.5) is 5.69 Å². The number of carbonyl (C=O) groups is 1. The fourth-order valence-corrected chi connectivity index (χ4v) is 6.07. The zero-order valence-electron chi connectivity index (χ0n) is 18.1. The molecule has 32 heavy (non-hydrogen) atoms. The number of fused-ring (bicyclic) bond motifs is 2. The Kier molecular flexibility index (Phi) is 5.46. The smallest absolute Gasteiger partial charge is 0.243 e. The van der Waals surface area contributed by atoms with E-state index in [1.807, 2.05) is 12.1 Å². The molecule has 3 heterocycles. The molecule has 0 bridgehead atoms. The van der Waals surface area contributed by atoms with Crippen molar-refractivity contribution in [2.45, 2.75) is 24.3 Å². The lowest BCUT2D eigenvalue weighted by molar-refractivity contribution is -0.130. The van der Waals surface area contributed by atoms with Crippen molar-refractivity contribution in [3.05, 3.63) is 48.0 Å². The Morgan fingerprint density at radius 1 is 1.00 bits per heavy atom. The summed E-state index contributed by atoms with van der Waals surface area (Å²) in [6, 6.07) is 13.2. The highest BCUT2D eigenvalue weighted by Gasteiger charge is 2.33. The number of piperazine rings is 1. The molecule has 3 aliphatic rings. The van der Waals surface area contributed by atoms with Crippen LogP contribution in [0.5, 0.6) is 11.5 Å². The molecule has 5 rings (SSSR count). The molecule has 0 aliphatic carbocycles. The van der Waals surface area contributed by atoms with Crippen molar-refractivity contribution in [1.82, 2.24) is 9.21 Å². The Morgan fingerprint density at radius 3 is 2.50 bits per heavy atom. The van der Waals surface area contributed by atoms with Gasteiger partial charge in [-0.3, -0.25) is 4.79 Å². The van der Waals surface area contributed by atoms with Crippen LogP contribution in [-0.2, 0) is 21.2 Å². The van der Waals surface area contributed by atoms with Gasteiger partial charge in [0.05, 0.1) is 11.4 Å². The molecular formula is C23H27N3O5S. The Morgan fingerprint density at radius 2 is 1.72 bits per heavy atom. The zero-order valence-corrected chi connectivity index (χ0v) is 18.9. The minimum Gasteiger partial charge on any atom is -0.486 e. The molecule has 9 heteroatoms. The van der Waals surface area contributed by atoms with Gasteiger partial charge < -0.3 is 19.3 Å². The monoisotopic (exact) mass is 457 g/mol. The minimum absolute atomic E-state index is 0.0323. The molecule has 1 saturated heterocycles. The van der Waals surface area contributed by atoms with Crippen molar-refractivity contribution >= 4 is 21.6 Å². The van der Waals surface area contributed by atoms with Crippen LogP contribution in [0, 0.1) is 0 Å². The number of hydrogen-bond acceptors (Lipinski definition) is 6. The van der Waals surface area contributed by atoms with Gasteiger partial charge in [-0.25, -0.2) is 8.42 Å². The van der Waals surface area contributed by atoms with Gasteiger partial charge in [0, 0.05) is 44.0 Å². The van der Waals surface area contributed by atoms with Gasteiger partial charge in [0.15, 0.2) is 11.5 Å². The number of benzene rings is 2. The van der Waals surface area contributed by atoms with Gasteiger partial charge in [0.1, 0.15) is 13.2 Å². The average molecular weight is 458 g/mol. The summed E-state index contributed by atoms with van der Waals surface area (Å²) in [6.45, 7) is 4.61. The Hall–Kier alpha value is -2.78. The first kappa shape index (κ1) is 21.1. The molecule has 1 fully saturated rings. The second-order valence-electron chi connectivity index (χ2n) is 8.40. The highest BCUT2D eigenvalue weighted by Crippen LogP contribution is 2.34. The standard InChI is InChI=1S/C23H27N3O5S/c1-17-14-18-4-2-3-5-20(18)26(17)16-23(27)24-8-10-25(11-9-24)32(28,29)19-6-7-21-22(15-19)31-13-12-30-21/h2-7,15,17H,8-14,16H2,1H3/t17-/m1/s1. The third kappa shape index (κ3) is 3.80. The van der Waals surface area contributed by atoms with Crippen molar-refractivity contribution in [3.8, 4) is 11.5 Å². The molecule has 1 amide bonds. The number of amides is 1. The number of anilines is 1. The van der Waals surface area contributed by atoms with E-state index in [1.165, 1.54) is 15.9 Å². The summed E-state index contributed by atoms with van der Waals surface area (Å²) in [7, 11) is -3.67. The topological polar surface area (TPSA) is 79.4 Å². The second-order valence-corrected chi connectivity index (χ2v) is 10.3. The van der Waals surface area contributed by atoms with Crippen LogP contribution in [-0.4, -0.2) is 75.5 Å². The summed E-state index contributed by atoms with van der Waals surface area (Å²) in [6.07, 6.45) is 0.936. The van der Waals surface area contributed by atoms with Crippen LogP contribution in [0.1, 0.15) is 12.5 Å². The molecule has 0 spiro atoms. The summed E-state index contributed by atoms with van der Waals surface area (Å²) >= 11 is 0. The summed E-state index contributed by atoms with van der Waals surface area (Å²) in [5.41, 5.74) is 2.39. The Balaban J connectivity index is 1.23. The highest BCUT2D eigenvalue weighted by atomic mass is 32.2. The van der Waals surface area contributed by atoms with Crippen molar-refractivity contribution in [2.24, 2.45) is 0 Å². The predicted molar refractivity (Wildman–Crippen MR) is 120 cm³/mol. The molecular weight excluding hydrogens is 430 g/mol. The molecule has 0 saturated carbocycles. The number of hydrogen-bond donors (Lipinski definition) is 0. The number of nitrogens with zero attached hydrogens (tertiary/aromatic N) is 3. The summed E-state index contributed by atoms with van der Waals surface area (Å²) < 4.78 is 38.7. The van der Waals surface area contributed by atoms with Crippen molar-refractivity contribution in [1.29, 1.82) is 0 Å². The van der Waals surface area contributed by atoms with Crippen LogP contribution in [0.3, 0.4) is 0 Å². The lowest BCUT2D eigenvalue weighted by Crippen LogP contribution is -2.53. The van der Waals surface area contributed by atoms with Gasteiger partial charge in [-0.05, 0) is 37.1 Å². The van der Waals surface area contributed by atoms with E-state index in [2.05, 4.69) is 24.0 Å². The van der Waals surface area contributed by atoms with E-state index in [9.17, 15) is 13.2 Å². The molecule has 3 aliphatic heterocycles. The minimum atomic E-state index is -3.67. The Labute approximate surface area is 188 Å². The molecule has 2 aromatic carbocycles. The van der Waals surface area contributed by atoms with Gasteiger partial charge in [-0.1, -0.05) is 18.2 Å². The third-order valence-electron chi connectivity index (χ3n) is 6.40. The number of rotatable bonds is 4. The first-order valence-corrected chi connectivity index (χ1v) is 12.4. The number of para-hydroxylation sites is 1. The van der Waals surface area contributed by atoms with E-state index in [-0.39, 0.29) is 29.9 Å². The molecule has 2 aromatic rings. The SMILES string of the molecule is C[C@@H]1Cc2ccccc2N1CC(=O)N1CCN(S(=O)(=O)c2ccc3c(c2)OCCO3)CC1. The molecule has 170 valence electrons. The van der Waals surface area contributed by atoms with E-state index in [0.717, 1.165) is 12.1 Å². The highest BCUT2D eigenvalue weighted by molar-refractivity contribution is 7.89. The van der Waals surface area contributed by atoms with Crippen LogP contribution in [0.15, 0.2) is 47.4 Å². The number of carbonyl (C=O) groups excluding carboxylic acids is 1. The summed E-state index contributed by atoms with van der Waals surface area (Å²) in [4.78, 5) is 17.1. The van der Waals surface area contributed by atoms with Gasteiger partial charge >= 0.3 is 0 Å². The fraction of sp³-hybridized carbons (Fsp3) is 0.435. The maximum Gasteiger partial charge on any atom is 0.243 e. The van der Waals surface area contributed by atoms with Crippen molar-refractivity contribution in [3.63, 3.8) is 0 Å². The van der Waals surface area contributed by atoms with Crippen molar-refractivity contribution in [2.75, 3.05) is 50.8 Å². The van der Waals surface area contributed by atoms with Gasteiger partial charge in [-0.15, -0.1) is 0 Å². The van der Waals surface area contributed by atoms with E-state index < -0.39 is 10.0 Å². The van der Waals surface area contributed by atoms with Gasteiger partial charge in [0.2, 0.25) is 15.9 Å². The number of sulfonamides is 1. The second kappa shape index (κ2) is 8.29. The zero-order chi connectivity index (χ0) is 22.3. The molecule has 8 nitrogen and oxygen atoms in total. The largest absolute Gasteiger partial charge is 0.486 e. The van der Waals surface area contributed by atoms with Crippen molar-refractivity contribution < 1.29 is 22.7 Å². The average Bonchev–Trinajstić information content (AvgIpc) is 3.13. The van der Waals surface area contributed by atoms with Gasteiger partial charge in [0.25, 0.3) is 0 Å². The maximum atomic E-state index is 13.1. The van der Waals surface area contributed by atoms with E-state index in [4.69, 9.17) is 9.47 Å². The molecule has 1 atom stereocenters. The Bertz CT molecular complexity index is 1130. The van der Waals surface area contributed by atoms with E-state index in [0.29, 0.717) is 44.3 Å². The first-order valence-electron chi connectivity index (χ1n) is 11.0. The van der Waals surface area contributed by atoms with Crippen LogP contribution in [0.25, 0.3) is 0 Å². The van der Waals surface area contributed by atoms with Crippen LogP contribution >= 0.6 is 0 Å². The fourth-order valence-electron chi connectivity index (χ4n) is 4.63.